The van der Waals surface area contributed by atoms with Gasteiger partial charge < -0.3 is 30.3 Å². The van der Waals surface area contributed by atoms with Crippen molar-refractivity contribution in [3.05, 3.63) is 126 Å². The van der Waals surface area contributed by atoms with Crippen LogP contribution in [-0.2, 0) is 19.1 Å². The van der Waals surface area contributed by atoms with Crippen molar-refractivity contribution in [3.63, 3.8) is 0 Å². The summed E-state index contributed by atoms with van der Waals surface area (Å²) < 4.78 is 5.19. The minimum absolute atomic E-state index is 0.516. The third-order valence-corrected chi connectivity index (χ3v) is 6.96. The molecule has 1 aliphatic heterocycles. The van der Waals surface area contributed by atoms with Crippen LogP contribution in [-0.4, -0.2) is 78.7 Å². The molecule has 9 heteroatoms. The molecule has 0 radical (unpaired) electrons. The van der Waals surface area contributed by atoms with Gasteiger partial charge in [0.15, 0.2) is 40.9 Å². The number of carbonyl (C=O) groups excluding carboxylic acids is 3. The highest BCUT2D eigenvalue weighted by atomic mass is 16.7. The second-order valence-corrected chi connectivity index (χ2v) is 9.77. The van der Waals surface area contributed by atoms with Crippen LogP contribution in [0.1, 0.15) is 16.7 Å². The average Bonchev–Trinajstić information content (AvgIpc) is 3.27. The first-order valence-electron chi connectivity index (χ1n) is 13.0. The molecule has 5 N–H and O–H groups in total. The second-order valence-electron chi connectivity index (χ2n) is 9.77. The molecule has 9 nitrogen and oxygen atoms in total. The van der Waals surface area contributed by atoms with Crippen molar-refractivity contribution in [3.8, 4) is 0 Å². The molecule has 6 atom stereocenters. The van der Waals surface area contributed by atoms with Gasteiger partial charge >= 0.3 is 0 Å². The van der Waals surface area contributed by atoms with E-state index in [0.717, 1.165) is 18.2 Å². The summed E-state index contributed by atoms with van der Waals surface area (Å²) in [6, 6.07) is 25.3. The van der Waals surface area contributed by atoms with Crippen LogP contribution in [0.5, 0.6) is 0 Å². The van der Waals surface area contributed by atoms with Gasteiger partial charge in [0.05, 0.1) is 0 Å². The van der Waals surface area contributed by atoms with E-state index < -0.39 is 53.2 Å². The molecule has 2 unspecified atom stereocenters. The zero-order valence-electron chi connectivity index (χ0n) is 22.3. The van der Waals surface area contributed by atoms with Gasteiger partial charge in [-0.25, -0.2) is 0 Å². The Morgan fingerprint density at radius 3 is 1.64 bits per heavy atom. The second kappa shape index (κ2) is 13.1. The van der Waals surface area contributed by atoms with Crippen LogP contribution >= 0.6 is 0 Å². The molecule has 4 rings (SSSR count). The third-order valence-electron chi connectivity index (χ3n) is 6.96. The number of ether oxygens (including phenoxy) is 1. The quantitative estimate of drug-likeness (QED) is 0.216. The smallest absolute Gasteiger partial charge is 0.193 e. The largest absolute Gasteiger partial charge is 0.384 e. The summed E-state index contributed by atoms with van der Waals surface area (Å²) in [5.74, 6) is -3.75. The van der Waals surface area contributed by atoms with Gasteiger partial charge in [-0.2, -0.15) is 0 Å². The molecule has 3 aromatic rings. The monoisotopic (exact) mass is 570 g/mol. The summed E-state index contributed by atoms with van der Waals surface area (Å²) in [5.41, 5.74) is -4.87. The molecule has 1 aliphatic rings. The van der Waals surface area contributed by atoms with Crippen molar-refractivity contribution in [2.24, 2.45) is 0 Å². The van der Waals surface area contributed by atoms with Crippen LogP contribution in [0.3, 0.4) is 0 Å². The van der Waals surface area contributed by atoms with Gasteiger partial charge in [0.2, 0.25) is 0 Å². The first kappa shape index (κ1) is 30.6. The van der Waals surface area contributed by atoms with E-state index >= 15 is 0 Å². The van der Waals surface area contributed by atoms with E-state index in [4.69, 9.17) is 4.74 Å². The lowest BCUT2D eigenvalue weighted by molar-refractivity contribution is -0.210. The van der Waals surface area contributed by atoms with Gasteiger partial charge in [-0.05, 0) is 34.9 Å². The standard InChI is InChI=1S/C33H30O9/c34-25(19-16-22-10-4-1-5-11-22)28(37)32(40,26(35)20-17-23-12-6-2-7-13-23)31-33(41,29(38)30(39)42-31)27(36)21-18-24-14-8-3-9-15-24/h1-21,28-31,37-41H/t28?,29-,30?,31+,32+,33+/m0/s1. The molecule has 42 heavy (non-hydrogen) atoms. The average molecular weight is 571 g/mol. The Balaban J connectivity index is 1.76. The highest BCUT2D eigenvalue weighted by Gasteiger charge is 2.69. The fraction of sp³-hybridized carbons (Fsp3) is 0.182. The molecule has 0 bridgehead atoms. The lowest BCUT2D eigenvalue weighted by atomic mass is 9.73. The SMILES string of the molecule is O=C(C=Cc1ccccc1)C(O)[C@](O)(C(=O)C=Cc1ccccc1)[C@H]1OC(O)[C@H](O)[C@]1(O)C(=O)C=Cc1ccccc1. The summed E-state index contributed by atoms with van der Waals surface area (Å²) in [6.07, 6.45) is -3.13. The maximum absolute atomic E-state index is 13.6. The number of ketones is 3. The normalized spacial score (nSPS) is 24.6. The number of rotatable bonds is 11. The lowest BCUT2D eigenvalue weighted by Crippen LogP contribution is -2.69. The maximum atomic E-state index is 13.6. The van der Waals surface area contributed by atoms with Gasteiger partial charge in [0.25, 0.3) is 0 Å². The zero-order valence-corrected chi connectivity index (χ0v) is 22.3. The van der Waals surface area contributed by atoms with Gasteiger partial charge in [-0.3, -0.25) is 14.4 Å². The Bertz CT molecular complexity index is 1480. The van der Waals surface area contributed by atoms with E-state index in [1.165, 1.54) is 18.2 Å². The topological polar surface area (TPSA) is 162 Å². The molecule has 1 fully saturated rings. The molecule has 0 aromatic heterocycles. The van der Waals surface area contributed by atoms with Gasteiger partial charge in [-0.1, -0.05) is 109 Å². The van der Waals surface area contributed by atoms with Gasteiger partial charge in [-0.15, -0.1) is 0 Å². The summed E-state index contributed by atoms with van der Waals surface area (Å²) >= 11 is 0. The molecular formula is C33H30O9. The molecule has 3 aromatic carbocycles. The maximum Gasteiger partial charge on any atom is 0.193 e. The number of aliphatic hydroxyl groups is 5. The predicted octanol–water partition coefficient (Wildman–Crippen LogP) is 1.74. The van der Waals surface area contributed by atoms with Gasteiger partial charge in [0, 0.05) is 0 Å². The van der Waals surface area contributed by atoms with Crippen LogP contribution in [0.4, 0.5) is 0 Å². The Labute approximate surface area is 242 Å². The number of benzene rings is 3. The van der Waals surface area contributed by atoms with E-state index in [-0.39, 0.29) is 0 Å². The summed E-state index contributed by atoms with van der Waals surface area (Å²) in [7, 11) is 0. The molecule has 0 aliphatic carbocycles. The summed E-state index contributed by atoms with van der Waals surface area (Å²) in [4.78, 5) is 40.1. The highest BCUT2D eigenvalue weighted by Crippen LogP contribution is 2.40. The minimum atomic E-state index is -3.34. The fourth-order valence-electron chi connectivity index (χ4n) is 4.60. The van der Waals surface area contributed by atoms with Crippen molar-refractivity contribution in [1.29, 1.82) is 0 Å². The number of carbonyl (C=O) groups is 3. The Kier molecular flexibility index (Phi) is 9.54. The van der Waals surface area contributed by atoms with E-state index in [0.29, 0.717) is 16.7 Å². The van der Waals surface area contributed by atoms with Crippen LogP contribution in [0.25, 0.3) is 18.2 Å². The van der Waals surface area contributed by atoms with Crippen molar-refractivity contribution in [2.45, 2.75) is 35.8 Å². The van der Waals surface area contributed by atoms with E-state index in [1.807, 2.05) is 0 Å². The highest BCUT2D eigenvalue weighted by molar-refractivity contribution is 6.09. The minimum Gasteiger partial charge on any atom is -0.384 e. The number of aliphatic hydroxyl groups excluding tert-OH is 3. The third kappa shape index (κ3) is 6.27. The molecule has 1 heterocycles. The summed E-state index contributed by atoms with van der Waals surface area (Å²) in [5, 5.41) is 55.5. The van der Waals surface area contributed by atoms with Crippen LogP contribution in [0.15, 0.2) is 109 Å². The van der Waals surface area contributed by atoms with Crippen molar-refractivity contribution in [1.82, 2.24) is 0 Å². The van der Waals surface area contributed by atoms with Gasteiger partial charge in [0.1, 0.15) is 12.2 Å². The lowest BCUT2D eigenvalue weighted by Gasteiger charge is -2.40. The Morgan fingerprint density at radius 2 is 1.17 bits per heavy atom. The molecule has 0 amide bonds. The van der Waals surface area contributed by atoms with Crippen LogP contribution in [0.2, 0.25) is 0 Å². The number of hydrogen-bond donors (Lipinski definition) is 5. The Morgan fingerprint density at radius 1 is 0.738 bits per heavy atom. The summed E-state index contributed by atoms with van der Waals surface area (Å²) in [6.45, 7) is 0. The van der Waals surface area contributed by atoms with Crippen LogP contribution in [0, 0.1) is 0 Å². The first-order chi connectivity index (χ1) is 20.1. The molecule has 216 valence electrons. The molecule has 0 spiro atoms. The molecule has 1 saturated heterocycles. The van der Waals surface area contributed by atoms with Crippen molar-refractivity contribution >= 4 is 35.6 Å². The van der Waals surface area contributed by atoms with Crippen LogP contribution < -0.4 is 0 Å². The molecular weight excluding hydrogens is 540 g/mol. The fourth-order valence-corrected chi connectivity index (χ4v) is 4.60. The molecule has 0 saturated carbocycles. The van der Waals surface area contributed by atoms with E-state index in [2.05, 4.69) is 0 Å². The first-order valence-corrected chi connectivity index (χ1v) is 13.0. The predicted molar refractivity (Wildman–Crippen MR) is 154 cm³/mol. The Hall–Kier alpha value is -4.35. The van der Waals surface area contributed by atoms with Crippen molar-refractivity contribution in [2.75, 3.05) is 0 Å². The zero-order chi connectivity index (χ0) is 30.3. The van der Waals surface area contributed by atoms with Crippen molar-refractivity contribution < 1.29 is 44.7 Å². The van der Waals surface area contributed by atoms with E-state index in [1.54, 1.807) is 91.0 Å². The van der Waals surface area contributed by atoms with E-state index in [9.17, 15) is 39.9 Å². The number of hydrogen-bond acceptors (Lipinski definition) is 9.